The number of carboxylic acid groups (broad SMARTS) is 1. The summed E-state index contributed by atoms with van der Waals surface area (Å²) in [5, 5.41) is 14.8. The van der Waals surface area contributed by atoms with Gasteiger partial charge in [-0.3, -0.25) is 0 Å². The Kier molecular flexibility index (Phi) is 2.29. The fraction of sp³-hybridized carbons (Fsp3) is 0.667. The van der Waals surface area contributed by atoms with Crippen LogP contribution < -0.4 is 0 Å². The molecule has 0 aromatic heterocycles. The van der Waals surface area contributed by atoms with Crippen LogP contribution >= 0.6 is 0 Å². The predicted molar refractivity (Wildman–Crippen MR) is 21.2 cm³/mol. The molecule has 11 heavy (non-hydrogen) atoms. The van der Waals surface area contributed by atoms with Crippen LogP contribution in [0.4, 0.5) is 22.4 Å². The molecular weight excluding hydrogens is 176 g/mol. The summed E-state index contributed by atoms with van der Waals surface area (Å²) in [7, 11) is 0. The van der Waals surface area contributed by atoms with Crippen molar-refractivity contribution in [3.63, 3.8) is 0 Å². The monoisotopic (exact) mass is 178 g/mol. The molecule has 0 amide bonds. The zero-order valence-corrected chi connectivity index (χ0v) is 4.72. The van der Waals surface area contributed by atoms with E-state index < -0.39 is 18.4 Å². The smallest absolute Gasteiger partial charge is 0.450 e. The molecule has 0 aromatic carbocycles. The molecule has 2 N–H and O–H groups in total. The summed E-state index contributed by atoms with van der Waals surface area (Å²) in [5.74, 6) is 0. The van der Waals surface area contributed by atoms with Crippen molar-refractivity contribution in [3.8, 4) is 0 Å². The predicted octanol–water partition coefficient (Wildman–Crippen LogP) is 0.859. The fourth-order valence-electron chi connectivity index (χ4n) is 0.171. The molecular formula is C3H2F4O4. The van der Waals surface area contributed by atoms with Gasteiger partial charge in [-0.05, 0) is 0 Å². The van der Waals surface area contributed by atoms with Crippen molar-refractivity contribution in [2.45, 2.75) is 12.2 Å². The minimum absolute atomic E-state index is 2.39. The average Bonchev–Trinajstić information content (AvgIpc) is 1.56. The van der Waals surface area contributed by atoms with E-state index in [2.05, 4.69) is 4.74 Å². The summed E-state index contributed by atoms with van der Waals surface area (Å²) >= 11 is 0. The quantitative estimate of drug-likeness (QED) is 0.486. The summed E-state index contributed by atoms with van der Waals surface area (Å²) in [6.45, 7) is 0. The number of hydrogen-bond donors (Lipinski definition) is 2. The summed E-state index contributed by atoms with van der Waals surface area (Å²) < 4.78 is 48.1. The molecule has 0 saturated heterocycles. The second kappa shape index (κ2) is 2.53. The molecule has 0 aliphatic rings. The van der Waals surface area contributed by atoms with Crippen molar-refractivity contribution in [3.05, 3.63) is 0 Å². The number of hydrogen-bond acceptors (Lipinski definition) is 3. The minimum atomic E-state index is -5.51. The number of carbonyl (C=O) groups is 1. The van der Waals surface area contributed by atoms with E-state index in [1.807, 2.05) is 0 Å². The Labute approximate surface area is 57.0 Å². The van der Waals surface area contributed by atoms with Gasteiger partial charge in [-0.15, -0.1) is 0 Å². The van der Waals surface area contributed by atoms with Gasteiger partial charge in [-0.1, -0.05) is 0 Å². The van der Waals surface area contributed by atoms with Gasteiger partial charge in [0.15, 0.2) is 0 Å². The van der Waals surface area contributed by atoms with Crippen LogP contribution in [-0.4, -0.2) is 28.6 Å². The Hall–Kier alpha value is -1.05. The van der Waals surface area contributed by atoms with Crippen molar-refractivity contribution in [2.24, 2.45) is 0 Å². The number of halogens is 4. The van der Waals surface area contributed by atoms with Crippen LogP contribution in [0.3, 0.4) is 0 Å². The van der Waals surface area contributed by atoms with Crippen molar-refractivity contribution in [1.29, 1.82) is 0 Å². The van der Waals surface area contributed by atoms with E-state index in [0.717, 1.165) is 0 Å². The zero-order chi connectivity index (χ0) is 9.28. The molecule has 0 aliphatic heterocycles. The Bertz CT molecular complexity index is 161. The molecule has 4 nitrogen and oxygen atoms in total. The van der Waals surface area contributed by atoms with Crippen LogP contribution in [0.25, 0.3) is 0 Å². The maximum absolute atomic E-state index is 11.6. The van der Waals surface area contributed by atoms with E-state index in [1.165, 1.54) is 0 Å². The minimum Gasteiger partial charge on any atom is -0.450 e. The summed E-state index contributed by atoms with van der Waals surface area (Å²) in [5.41, 5.74) is 0. The van der Waals surface area contributed by atoms with Gasteiger partial charge in [0.05, 0.1) is 0 Å². The lowest BCUT2D eigenvalue weighted by molar-refractivity contribution is -0.403. The third-order valence-corrected chi connectivity index (χ3v) is 0.566. The van der Waals surface area contributed by atoms with Gasteiger partial charge in [-0.2, -0.15) is 17.6 Å². The molecule has 8 heteroatoms. The molecule has 0 fully saturated rings. The average molecular weight is 178 g/mol. The molecule has 0 radical (unpaired) electrons. The zero-order valence-electron chi connectivity index (χ0n) is 4.72. The highest BCUT2D eigenvalue weighted by molar-refractivity contribution is 5.57. The Morgan fingerprint density at radius 3 is 1.73 bits per heavy atom. The Morgan fingerprint density at radius 2 is 1.64 bits per heavy atom. The van der Waals surface area contributed by atoms with Crippen LogP contribution in [0.2, 0.25) is 0 Å². The van der Waals surface area contributed by atoms with E-state index >= 15 is 0 Å². The summed E-state index contributed by atoms with van der Waals surface area (Å²) in [6, 6.07) is 0. The molecule has 0 heterocycles. The molecule has 0 unspecified atom stereocenters. The lowest BCUT2D eigenvalue weighted by atomic mass is 10.6. The van der Waals surface area contributed by atoms with Gasteiger partial charge in [-0.25, -0.2) is 4.79 Å². The largest absolute Gasteiger partial charge is 0.510 e. The van der Waals surface area contributed by atoms with E-state index in [9.17, 15) is 22.4 Å². The van der Waals surface area contributed by atoms with Gasteiger partial charge in [0, 0.05) is 0 Å². The number of ether oxygens (including phenoxy) is 1. The molecule has 0 atom stereocenters. The van der Waals surface area contributed by atoms with Gasteiger partial charge in [0.2, 0.25) is 0 Å². The van der Waals surface area contributed by atoms with Crippen LogP contribution in [-0.2, 0) is 4.74 Å². The normalized spacial score (nSPS) is 12.8. The maximum atomic E-state index is 11.6. The lowest BCUT2D eigenvalue weighted by Crippen LogP contribution is -2.43. The first-order chi connectivity index (χ1) is 4.67. The van der Waals surface area contributed by atoms with E-state index in [4.69, 9.17) is 10.2 Å². The molecule has 0 rings (SSSR count). The second-order valence-corrected chi connectivity index (χ2v) is 1.43. The van der Waals surface area contributed by atoms with Gasteiger partial charge < -0.3 is 14.9 Å². The third kappa shape index (κ3) is 2.58. The second-order valence-electron chi connectivity index (χ2n) is 1.43. The highest BCUT2D eigenvalue weighted by Crippen LogP contribution is 2.32. The molecule has 0 aromatic rings. The van der Waals surface area contributed by atoms with Crippen molar-refractivity contribution in [1.82, 2.24) is 0 Å². The molecule has 0 bridgehead atoms. The van der Waals surface area contributed by atoms with Gasteiger partial charge in [0.25, 0.3) is 0 Å². The lowest BCUT2D eigenvalue weighted by Gasteiger charge is -2.18. The van der Waals surface area contributed by atoms with Gasteiger partial charge in [0.1, 0.15) is 0 Å². The highest BCUT2D eigenvalue weighted by Gasteiger charge is 2.60. The first-order valence-electron chi connectivity index (χ1n) is 2.07. The van der Waals surface area contributed by atoms with Crippen molar-refractivity contribution < 1.29 is 37.3 Å². The SMILES string of the molecule is O=C(O)OC(F)(F)C(O)(F)F. The first kappa shape index (κ1) is 9.95. The summed E-state index contributed by atoms with van der Waals surface area (Å²) in [4.78, 5) is 9.31. The van der Waals surface area contributed by atoms with Gasteiger partial charge >= 0.3 is 18.4 Å². The first-order valence-corrected chi connectivity index (χ1v) is 2.07. The number of aliphatic hydroxyl groups is 1. The van der Waals surface area contributed by atoms with Crippen LogP contribution in [0.5, 0.6) is 0 Å². The third-order valence-electron chi connectivity index (χ3n) is 0.566. The van der Waals surface area contributed by atoms with Crippen LogP contribution in [0.1, 0.15) is 0 Å². The molecule has 0 spiro atoms. The number of alkyl halides is 4. The van der Waals surface area contributed by atoms with E-state index in [-0.39, 0.29) is 0 Å². The van der Waals surface area contributed by atoms with E-state index in [0.29, 0.717) is 0 Å². The fourth-order valence-corrected chi connectivity index (χ4v) is 0.171. The highest BCUT2D eigenvalue weighted by atomic mass is 19.3. The van der Waals surface area contributed by atoms with Crippen molar-refractivity contribution in [2.75, 3.05) is 0 Å². The van der Waals surface area contributed by atoms with Crippen molar-refractivity contribution >= 4 is 6.16 Å². The summed E-state index contributed by atoms with van der Waals surface area (Å²) in [6.07, 6.45) is -13.5. The maximum Gasteiger partial charge on any atom is 0.510 e. The Balaban J connectivity index is 4.34. The van der Waals surface area contributed by atoms with Crippen LogP contribution in [0, 0.1) is 0 Å². The molecule has 66 valence electrons. The topological polar surface area (TPSA) is 66.8 Å². The number of rotatable bonds is 2. The standard InChI is InChI=1S/C3H2F4O4/c4-2(5,10)3(6,7)11-1(8)9/h10H,(H,8,9). The van der Waals surface area contributed by atoms with Crippen LogP contribution in [0.15, 0.2) is 0 Å². The Morgan fingerprint density at radius 1 is 1.27 bits per heavy atom. The molecule has 0 aliphatic carbocycles. The molecule has 0 saturated carbocycles. The van der Waals surface area contributed by atoms with E-state index in [1.54, 1.807) is 0 Å².